The van der Waals surface area contributed by atoms with E-state index in [1.807, 2.05) is 0 Å². The Kier molecular flexibility index (Phi) is 3.70. The van der Waals surface area contributed by atoms with E-state index < -0.39 is 24.0 Å². The van der Waals surface area contributed by atoms with Crippen LogP contribution in [0.5, 0.6) is 0 Å². The minimum Gasteiger partial charge on any atom is -0.401 e. The van der Waals surface area contributed by atoms with Crippen LogP contribution in [0.15, 0.2) is 11.8 Å². The molecule has 0 saturated heterocycles. The molecule has 0 saturated carbocycles. The number of hydrogen-bond donors (Lipinski definition) is 2. The molecule has 3 N–H and O–H groups in total. The molecule has 0 atom stereocenters. The third kappa shape index (κ3) is 3.37. The molecule has 14 heavy (non-hydrogen) atoms. The first-order valence-electron chi connectivity index (χ1n) is 3.81. The summed E-state index contributed by atoms with van der Waals surface area (Å²) >= 11 is 0. The second-order valence-corrected chi connectivity index (χ2v) is 3.50. The molecule has 0 unspecified atom stereocenters. The average Bonchev–Trinajstić information content (AvgIpc) is 2.02. The molecule has 0 spiro atoms. The summed E-state index contributed by atoms with van der Waals surface area (Å²) < 4.78 is 35.4. The van der Waals surface area contributed by atoms with Gasteiger partial charge in [0.05, 0.1) is 6.61 Å². The molecule has 0 aromatic heterocycles. The van der Waals surface area contributed by atoms with Crippen molar-refractivity contribution in [1.29, 1.82) is 0 Å². The molecule has 0 aliphatic heterocycles. The lowest BCUT2D eigenvalue weighted by molar-refractivity contribution is -0.165. The van der Waals surface area contributed by atoms with E-state index in [0.717, 1.165) is 0 Å². The zero-order valence-electron chi connectivity index (χ0n) is 7.85. The molecule has 6 heteroatoms. The Morgan fingerprint density at radius 3 is 2.14 bits per heavy atom. The van der Waals surface area contributed by atoms with Crippen LogP contribution in [0.4, 0.5) is 13.2 Å². The molecular formula is C8H12F3NO2. The number of aliphatic hydroxyl groups is 1. The number of aliphatic hydroxyl groups excluding tert-OH is 1. The third-order valence-electron chi connectivity index (χ3n) is 1.74. The molecule has 0 amide bonds. The molecule has 0 rings (SSSR count). The second kappa shape index (κ2) is 4.00. The normalized spacial score (nSPS) is 14.3. The number of alkyl halides is 3. The Balaban J connectivity index is 4.79. The molecule has 0 aliphatic carbocycles. The average molecular weight is 211 g/mol. The first-order valence-corrected chi connectivity index (χ1v) is 3.81. The van der Waals surface area contributed by atoms with Gasteiger partial charge in [-0.25, -0.2) is 0 Å². The highest BCUT2D eigenvalue weighted by atomic mass is 19.4. The molecule has 0 radical (unpaired) electrons. The van der Waals surface area contributed by atoms with Crippen molar-refractivity contribution >= 4 is 5.78 Å². The summed E-state index contributed by atoms with van der Waals surface area (Å²) in [6.07, 6.45) is -4.62. The Bertz CT molecular complexity index is 256. The van der Waals surface area contributed by atoms with Gasteiger partial charge in [-0.2, -0.15) is 13.2 Å². The van der Waals surface area contributed by atoms with Crippen LogP contribution >= 0.6 is 0 Å². The zero-order chi connectivity index (χ0) is 11.6. The van der Waals surface area contributed by atoms with Crippen LogP contribution in [-0.2, 0) is 4.79 Å². The van der Waals surface area contributed by atoms with Gasteiger partial charge in [-0.3, -0.25) is 4.79 Å². The largest absolute Gasteiger partial charge is 0.454 e. The fourth-order valence-corrected chi connectivity index (χ4v) is 0.510. The number of carbonyl (C=O) groups excluding carboxylic acids is 1. The smallest absolute Gasteiger partial charge is 0.401 e. The first kappa shape index (κ1) is 13.0. The van der Waals surface area contributed by atoms with E-state index in [1.54, 1.807) is 0 Å². The standard InChI is InChI=1S/C8H12F3NO2/c1-7(2,4-13)5(12)3-6(14)8(9,10)11/h3,13H,4,12H2,1-2H3/b5-3-. The highest BCUT2D eigenvalue weighted by molar-refractivity contribution is 5.94. The van der Waals surface area contributed by atoms with E-state index >= 15 is 0 Å². The van der Waals surface area contributed by atoms with Crippen molar-refractivity contribution in [1.82, 2.24) is 0 Å². The van der Waals surface area contributed by atoms with Crippen LogP contribution < -0.4 is 5.73 Å². The Hall–Kier alpha value is -1.04. The lowest BCUT2D eigenvalue weighted by atomic mass is 9.90. The lowest BCUT2D eigenvalue weighted by Gasteiger charge is -2.22. The number of allylic oxidation sites excluding steroid dienone is 1. The number of rotatable bonds is 3. The SMILES string of the molecule is CC(C)(CO)/C(N)=C/C(=O)C(F)(F)F. The molecule has 0 aliphatic rings. The van der Waals surface area contributed by atoms with Crippen molar-refractivity contribution in [3.05, 3.63) is 11.8 Å². The maximum atomic E-state index is 11.8. The first-order chi connectivity index (χ1) is 6.11. The lowest BCUT2D eigenvalue weighted by Crippen LogP contribution is -2.29. The van der Waals surface area contributed by atoms with Gasteiger partial charge in [0.25, 0.3) is 5.78 Å². The minimum absolute atomic E-state index is 0.290. The molecular weight excluding hydrogens is 199 g/mol. The van der Waals surface area contributed by atoms with Gasteiger partial charge in [-0.1, -0.05) is 13.8 Å². The summed E-state index contributed by atoms with van der Waals surface area (Å²) in [5.74, 6) is -2.02. The molecule has 3 nitrogen and oxygen atoms in total. The molecule has 0 aromatic carbocycles. The van der Waals surface area contributed by atoms with E-state index in [-0.39, 0.29) is 5.70 Å². The summed E-state index contributed by atoms with van der Waals surface area (Å²) in [6, 6.07) is 0. The van der Waals surface area contributed by atoms with E-state index in [9.17, 15) is 18.0 Å². The Labute approximate surface area is 79.4 Å². The topological polar surface area (TPSA) is 63.3 Å². The predicted molar refractivity (Wildman–Crippen MR) is 44.2 cm³/mol. The van der Waals surface area contributed by atoms with Crippen molar-refractivity contribution < 1.29 is 23.1 Å². The third-order valence-corrected chi connectivity index (χ3v) is 1.74. The van der Waals surface area contributed by atoms with Gasteiger partial charge < -0.3 is 10.8 Å². The fourth-order valence-electron chi connectivity index (χ4n) is 0.510. The van der Waals surface area contributed by atoms with Crippen molar-refractivity contribution in [3.63, 3.8) is 0 Å². The van der Waals surface area contributed by atoms with Crippen LogP contribution in [0.25, 0.3) is 0 Å². The van der Waals surface area contributed by atoms with Crippen molar-refractivity contribution in [2.75, 3.05) is 6.61 Å². The van der Waals surface area contributed by atoms with Gasteiger partial charge in [-0.15, -0.1) is 0 Å². The summed E-state index contributed by atoms with van der Waals surface area (Å²) in [5.41, 5.74) is 3.92. The van der Waals surface area contributed by atoms with E-state index in [2.05, 4.69) is 0 Å². The molecule has 0 aromatic rings. The summed E-state index contributed by atoms with van der Waals surface area (Å²) in [7, 11) is 0. The number of halogens is 3. The molecule has 0 fully saturated rings. The summed E-state index contributed by atoms with van der Waals surface area (Å²) in [5, 5.41) is 8.77. The van der Waals surface area contributed by atoms with E-state index in [0.29, 0.717) is 6.08 Å². The number of nitrogens with two attached hydrogens (primary N) is 1. The van der Waals surface area contributed by atoms with Gasteiger partial charge >= 0.3 is 6.18 Å². The van der Waals surface area contributed by atoms with Crippen molar-refractivity contribution in [2.24, 2.45) is 11.1 Å². The number of carbonyl (C=O) groups is 1. The van der Waals surface area contributed by atoms with Gasteiger partial charge in [0.2, 0.25) is 0 Å². The monoisotopic (exact) mass is 211 g/mol. The Morgan fingerprint density at radius 1 is 1.43 bits per heavy atom. The highest BCUT2D eigenvalue weighted by Gasteiger charge is 2.37. The van der Waals surface area contributed by atoms with Crippen LogP contribution in [-0.4, -0.2) is 23.7 Å². The van der Waals surface area contributed by atoms with Gasteiger partial charge in [-0.05, 0) is 0 Å². The van der Waals surface area contributed by atoms with E-state index in [1.165, 1.54) is 13.8 Å². The number of ketones is 1. The molecule has 0 bridgehead atoms. The summed E-state index contributed by atoms with van der Waals surface area (Å²) in [4.78, 5) is 10.5. The van der Waals surface area contributed by atoms with Crippen LogP contribution in [0.2, 0.25) is 0 Å². The quantitative estimate of drug-likeness (QED) is 0.684. The Morgan fingerprint density at radius 2 is 1.86 bits per heavy atom. The van der Waals surface area contributed by atoms with Gasteiger partial charge in [0, 0.05) is 17.2 Å². The van der Waals surface area contributed by atoms with Crippen LogP contribution in [0.3, 0.4) is 0 Å². The van der Waals surface area contributed by atoms with E-state index in [4.69, 9.17) is 10.8 Å². The van der Waals surface area contributed by atoms with Crippen LogP contribution in [0.1, 0.15) is 13.8 Å². The maximum absolute atomic E-state index is 11.8. The van der Waals surface area contributed by atoms with Gasteiger partial charge in [0.1, 0.15) is 0 Å². The van der Waals surface area contributed by atoms with Gasteiger partial charge in [0.15, 0.2) is 0 Å². The zero-order valence-corrected chi connectivity index (χ0v) is 7.85. The van der Waals surface area contributed by atoms with Crippen LogP contribution in [0, 0.1) is 5.41 Å². The summed E-state index contributed by atoms with van der Waals surface area (Å²) in [6.45, 7) is 2.44. The molecule has 0 heterocycles. The maximum Gasteiger partial charge on any atom is 0.454 e. The van der Waals surface area contributed by atoms with Crippen molar-refractivity contribution in [3.8, 4) is 0 Å². The van der Waals surface area contributed by atoms with Crippen molar-refractivity contribution in [2.45, 2.75) is 20.0 Å². The minimum atomic E-state index is -4.92. The second-order valence-electron chi connectivity index (χ2n) is 3.50. The number of hydrogen-bond acceptors (Lipinski definition) is 3. The fraction of sp³-hybridized carbons (Fsp3) is 0.625. The predicted octanol–water partition coefficient (Wildman–Crippen LogP) is 0.979. The highest BCUT2D eigenvalue weighted by Crippen LogP contribution is 2.23. The molecule has 82 valence electrons.